The number of anilines is 1. The van der Waals surface area contributed by atoms with Gasteiger partial charge in [0.25, 0.3) is 0 Å². The average molecular weight is 311 g/mol. The molecule has 2 aromatic rings. The van der Waals surface area contributed by atoms with Gasteiger partial charge in [-0.25, -0.2) is 9.59 Å². The molecule has 0 unspecified atom stereocenters. The summed E-state index contributed by atoms with van der Waals surface area (Å²) in [4.78, 5) is 25.9. The Morgan fingerprint density at radius 1 is 1.09 bits per heavy atom. The van der Waals surface area contributed by atoms with Crippen molar-refractivity contribution in [3.05, 3.63) is 65.7 Å². The SMILES string of the molecule is COC(=O)[C@H]1Cc2ccccc2N1C(=O)OCc1ccccc1. The molecule has 23 heavy (non-hydrogen) atoms. The number of esters is 1. The molecule has 118 valence electrons. The second kappa shape index (κ2) is 6.52. The van der Waals surface area contributed by atoms with E-state index in [4.69, 9.17) is 9.47 Å². The van der Waals surface area contributed by atoms with Gasteiger partial charge in [-0.3, -0.25) is 4.90 Å². The number of fused-ring (bicyclic) bond motifs is 1. The molecule has 1 aliphatic rings. The monoisotopic (exact) mass is 311 g/mol. The molecule has 5 nitrogen and oxygen atoms in total. The maximum absolute atomic E-state index is 12.5. The summed E-state index contributed by atoms with van der Waals surface area (Å²) in [6.45, 7) is 0.159. The van der Waals surface area contributed by atoms with Gasteiger partial charge in [0.05, 0.1) is 12.8 Å². The van der Waals surface area contributed by atoms with Crippen molar-refractivity contribution in [3.8, 4) is 0 Å². The van der Waals surface area contributed by atoms with Crippen LogP contribution in [0.15, 0.2) is 54.6 Å². The molecule has 0 saturated heterocycles. The van der Waals surface area contributed by atoms with Gasteiger partial charge in [-0.05, 0) is 17.2 Å². The molecule has 3 rings (SSSR count). The summed E-state index contributed by atoms with van der Waals surface area (Å²) in [5, 5.41) is 0. The smallest absolute Gasteiger partial charge is 0.415 e. The highest BCUT2D eigenvalue weighted by atomic mass is 16.6. The first-order valence-corrected chi connectivity index (χ1v) is 7.36. The highest BCUT2D eigenvalue weighted by Crippen LogP contribution is 2.33. The zero-order chi connectivity index (χ0) is 16.2. The van der Waals surface area contributed by atoms with Crippen molar-refractivity contribution < 1.29 is 19.1 Å². The number of carbonyl (C=O) groups excluding carboxylic acids is 2. The van der Waals surface area contributed by atoms with Gasteiger partial charge >= 0.3 is 12.1 Å². The standard InChI is InChI=1S/C18H17NO4/c1-22-17(20)16-11-14-9-5-6-10-15(14)19(16)18(21)23-12-13-7-3-2-4-8-13/h2-10,16H,11-12H2,1H3/t16-/m1/s1. The summed E-state index contributed by atoms with van der Waals surface area (Å²) in [6.07, 6.45) is -0.113. The molecule has 1 heterocycles. The second-order valence-electron chi connectivity index (χ2n) is 5.28. The van der Waals surface area contributed by atoms with Crippen LogP contribution in [0.25, 0.3) is 0 Å². The Balaban J connectivity index is 1.79. The summed E-state index contributed by atoms with van der Waals surface area (Å²) in [5.41, 5.74) is 2.52. The zero-order valence-corrected chi connectivity index (χ0v) is 12.8. The molecule has 1 atom stereocenters. The van der Waals surface area contributed by atoms with E-state index in [9.17, 15) is 9.59 Å². The first kappa shape index (κ1) is 15.1. The number of benzene rings is 2. The van der Waals surface area contributed by atoms with Crippen LogP contribution in [0.5, 0.6) is 0 Å². The van der Waals surface area contributed by atoms with Crippen molar-refractivity contribution in [2.45, 2.75) is 19.1 Å². The van der Waals surface area contributed by atoms with E-state index in [0.717, 1.165) is 11.1 Å². The third-order valence-corrected chi connectivity index (χ3v) is 3.85. The van der Waals surface area contributed by atoms with Gasteiger partial charge in [-0.2, -0.15) is 0 Å². The third kappa shape index (κ3) is 3.04. The summed E-state index contributed by atoms with van der Waals surface area (Å²) in [7, 11) is 1.32. The van der Waals surface area contributed by atoms with E-state index in [1.54, 1.807) is 0 Å². The zero-order valence-electron chi connectivity index (χ0n) is 12.8. The molecule has 1 aliphatic heterocycles. The van der Waals surface area contributed by atoms with Crippen LogP contribution in [-0.4, -0.2) is 25.2 Å². The Bertz CT molecular complexity index is 714. The van der Waals surface area contributed by atoms with E-state index < -0.39 is 18.1 Å². The van der Waals surface area contributed by atoms with Crippen LogP contribution in [0.2, 0.25) is 0 Å². The van der Waals surface area contributed by atoms with Crippen LogP contribution in [0.1, 0.15) is 11.1 Å². The minimum Gasteiger partial charge on any atom is -0.467 e. The summed E-state index contributed by atoms with van der Waals surface area (Å²) in [6, 6.07) is 16.2. The lowest BCUT2D eigenvalue weighted by molar-refractivity contribution is -0.142. The quantitative estimate of drug-likeness (QED) is 0.818. The second-order valence-corrected chi connectivity index (χ2v) is 5.28. The van der Waals surface area contributed by atoms with Crippen molar-refractivity contribution >= 4 is 17.7 Å². The molecule has 0 aromatic heterocycles. The highest BCUT2D eigenvalue weighted by Gasteiger charge is 2.39. The van der Waals surface area contributed by atoms with Gasteiger partial charge in [0.2, 0.25) is 0 Å². The van der Waals surface area contributed by atoms with E-state index in [1.807, 2.05) is 54.6 Å². The Morgan fingerprint density at radius 2 is 1.78 bits per heavy atom. The Kier molecular flexibility index (Phi) is 4.28. The van der Waals surface area contributed by atoms with Gasteiger partial charge in [0.15, 0.2) is 0 Å². The Labute approximate surface area is 134 Å². The maximum atomic E-state index is 12.5. The molecule has 5 heteroatoms. The largest absolute Gasteiger partial charge is 0.467 e. The lowest BCUT2D eigenvalue weighted by Gasteiger charge is -2.23. The first-order valence-electron chi connectivity index (χ1n) is 7.36. The van der Waals surface area contributed by atoms with Crippen LogP contribution >= 0.6 is 0 Å². The average Bonchev–Trinajstić information content (AvgIpc) is 2.99. The lowest BCUT2D eigenvalue weighted by Crippen LogP contribution is -2.43. The molecule has 0 bridgehead atoms. The predicted octanol–water partition coefficient (Wildman–Crippen LogP) is 2.93. The molecule has 0 N–H and O–H groups in total. The van der Waals surface area contributed by atoms with Crippen molar-refractivity contribution in [1.29, 1.82) is 0 Å². The number of methoxy groups -OCH3 is 1. The number of hydrogen-bond donors (Lipinski definition) is 0. The number of amides is 1. The Hall–Kier alpha value is -2.82. The molecule has 2 aromatic carbocycles. The van der Waals surface area contributed by atoms with Gasteiger partial charge < -0.3 is 9.47 Å². The summed E-state index contributed by atoms with van der Waals surface area (Å²) in [5.74, 6) is -0.446. The lowest BCUT2D eigenvalue weighted by atomic mass is 10.1. The fourth-order valence-electron chi connectivity index (χ4n) is 2.73. The molecule has 0 aliphatic carbocycles. The molecule has 0 spiro atoms. The van der Waals surface area contributed by atoms with Crippen molar-refractivity contribution in [2.75, 3.05) is 12.0 Å². The van der Waals surface area contributed by atoms with E-state index in [0.29, 0.717) is 12.1 Å². The van der Waals surface area contributed by atoms with Crippen LogP contribution < -0.4 is 4.90 Å². The van der Waals surface area contributed by atoms with E-state index >= 15 is 0 Å². The summed E-state index contributed by atoms with van der Waals surface area (Å²) >= 11 is 0. The normalized spacial score (nSPS) is 15.9. The fourth-order valence-corrected chi connectivity index (χ4v) is 2.73. The number of hydrogen-bond acceptors (Lipinski definition) is 4. The highest BCUT2D eigenvalue weighted by molar-refractivity contribution is 5.98. The van der Waals surface area contributed by atoms with Gasteiger partial charge in [0, 0.05) is 6.42 Å². The number of carbonyl (C=O) groups is 2. The third-order valence-electron chi connectivity index (χ3n) is 3.85. The molecule has 0 saturated carbocycles. The van der Waals surface area contributed by atoms with Gasteiger partial charge in [-0.1, -0.05) is 48.5 Å². The van der Waals surface area contributed by atoms with Crippen LogP contribution in [0.3, 0.4) is 0 Å². The number of ether oxygens (including phenoxy) is 2. The minimum absolute atomic E-state index is 0.159. The number of para-hydroxylation sites is 1. The van der Waals surface area contributed by atoms with Crippen LogP contribution in [0, 0.1) is 0 Å². The van der Waals surface area contributed by atoms with Crippen molar-refractivity contribution in [1.82, 2.24) is 0 Å². The Morgan fingerprint density at radius 3 is 2.52 bits per heavy atom. The van der Waals surface area contributed by atoms with Crippen LogP contribution in [0.4, 0.5) is 10.5 Å². The minimum atomic E-state index is -0.680. The van der Waals surface area contributed by atoms with Gasteiger partial charge in [-0.15, -0.1) is 0 Å². The molecular weight excluding hydrogens is 294 g/mol. The first-order chi connectivity index (χ1) is 11.2. The summed E-state index contributed by atoms with van der Waals surface area (Å²) < 4.78 is 10.2. The van der Waals surface area contributed by atoms with E-state index in [2.05, 4.69) is 0 Å². The van der Waals surface area contributed by atoms with E-state index in [1.165, 1.54) is 12.0 Å². The van der Waals surface area contributed by atoms with E-state index in [-0.39, 0.29) is 6.61 Å². The van der Waals surface area contributed by atoms with Crippen LogP contribution in [-0.2, 0) is 27.3 Å². The number of rotatable bonds is 3. The topological polar surface area (TPSA) is 55.8 Å². The molecule has 0 fully saturated rings. The predicted molar refractivity (Wildman–Crippen MR) is 85.1 cm³/mol. The maximum Gasteiger partial charge on any atom is 0.415 e. The molecular formula is C18H17NO4. The van der Waals surface area contributed by atoms with Crippen molar-refractivity contribution in [2.24, 2.45) is 0 Å². The number of nitrogens with zero attached hydrogens (tertiary/aromatic N) is 1. The molecule has 1 amide bonds. The fraction of sp³-hybridized carbons (Fsp3) is 0.222. The van der Waals surface area contributed by atoms with Gasteiger partial charge in [0.1, 0.15) is 12.6 Å². The molecule has 0 radical (unpaired) electrons. The van der Waals surface area contributed by atoms with Crippen molar-refractivity contribution in [3.63, 3.8) is 0 Å².